The molecule has 5 rings (SSSR count). The van der Waals surface area contributed by atoms with Crippen LogP contribution in [0.2, 0.25) is 0 Å². The van der Waals surface area contributed by atoms with E-state index in [2.05, 4.69) is 46.3 Å². The molecule has 4 aromatic rings. The Bertz CT molecular complexity index is 1520. The highest BCUT2D eigenvalue weighted by atomic mass is 32.2. The van der Waals surface area contributed by atoms with Gasteiger partial charge in [-0.2, -0.15) is 9.29 Å². The molecule has 1 fully saturated rings. The lowest BCUT2D eigenvalue weighted by molar-refractivity contribution is 0.0730. The highest BCUT2D eigenvalue weighted by Crippen LogP contribution is 2.27. The second kappa shape index (κ2) is 8.67. The van der Waals surface area contributed by atoms with E-state index in [1.807, 2.05) is 12.1 Å². The standard InChI is InChI=1S/C24H26N6O4S/c1-24(2,3)16-6-4-15(5-7-16)22(31)27-23-26-21-20(28-29-23)18-14-17(8-9-19(18)25-21)35(32,33)30-10-12-34-13-11-30/h4-9,14H,10-13H2,1-3H3,(H2,25,26,27,29,31). The van der Waals surface area contributed by atoms with Crippen LogP contribution in [0.1, 0.15) is 36.7 Å². The summed E-state index contributed by atoms with van der Waals surface area (Å²) in [5.74, 6) is -0.295. The average molecular weight is 495 g/mol. The van der Waals surface area contributed by atoms with Crippen molar-refractivity contribution in [2.45, 2.75) is 31.1 Å². The van der Waals surface area contributed by atoms with Crippen LogP contribution in [0.15, 0.2) is 47.4 Å². The molecule has 0 saturated carbocycles. The van der Waals surface area contributed by atoms with E-state index >= 15 is 0 Å². The Balaban J connectivity index is 1.41. The van der Waals surface area contributed by atoms with Gasteiger partial charge in [-0.3, -0.25) is 10.1 Å². The monoisotopic (exact) mass is 494 g/mol. The third-order valence-corrected chi connectivity index (χ3v) is 7.93. The SMILES string of the molecule is CC(C)(C)c1ccc(C(=O)Nc2nnc3c(n2)[nH]c2ccc(S(=O)(=O)N4CCOCC4)cc23)cc1. The molecule has 10 nitrogen and oxygen atoms in total. The normalized spacial score (nSPS) is 15.5. The molecule has 0 bridgehead atoms. The van der Waals surface area contributed by atoms with Gasteiger partial charge in [0.05, 0.1) is 18.1 Å². The summed E-state index contributed by atoms with van der Waals surface area (Å²) in [5.41, 5.74) is 3.09. The molecule has 3 heterocycles. The first kappa shape index (κ1) is 23.3. The van der Waals surface area contributed by atoms with Crippen LogP contribution in [0.3, 0.4) is 0 Å². The number of carbonyl (C=O) groups is 1. The van der Waals surface area contributed by atoms with E-state index in [1.165, 1.54) is 4.31 Å². The van der Waals surface area contributed by atoms with E-state index in [4.69, 9.17) is 4.74 Å². The van der Waals surface area contributed by atoms with Crippen molar-refractivity contribution in [3.8, 4) is 0 Å². The number of aromatic amines is 1. The first-order valence-electron chi connectivity index (χ1n) is 11.3. The lowest BCUT2D eigenvalue weighted by atomic mass is 9.87. The number of amides is 1. The van der Waals surface area contributed by atoms with Crippen LogP contribution in [0.4, 0.5) is 5.95 Å². The number of morpholine rings is 1. The Hall–Kier alpha value is -3.41. The average Bonchev–Trinajstić information content (AvgIpc) is 3.21. The Labute approximate surface area is 202 Å². The largest absolute Gasteiger partial charge is 0.379 e. The fourth-order valence-electron chi connectivity index (χ4n) is 4.00. The molecule has 2 aromatic heterocycles. The van der Waals surface area contributed by atoms with Gasteiger partial charge in [-0.25, -0.2) is 8.42 Å². The molecule has 0 aliphatic carbocycles. The number of sulfonamides is 1. The highest BCUT2D eigenvalue weighted by Gasteiger charge is 2.27. The van der Waals surface area contributed by atoms with Gasteiger partial charge in [0.2, 0.25) is 10.0 Å². The molecule has 35 heavy (non-hydrogen) atoms. The zero-order valence-electron chi connectivity index (χ0n) is 19.7. The summed E-state index contributed by atoms with van der Waals surface area (Å²) in [6, 6.07) is 12.2. The summed E-state index contributed by atoms with van der Waals surface area (Å²) >= 11 is 0. The van der Waals surface area contributed by atoms with Crippen molar-refractivity contribution < 1.29 is 17.9 Å². The summed E-state index contributed by atoms with van der Waals surface area (Å²) in [7, 11) is -3.65. The Morgan fingerprint density at radius 1 is 1.06 bits per heavy atom. The minimum absolute atomic E-state index is 0.00983. The van der Waals surface area contributed by atoms with Crippen LogP contribution in [0, 0.1) is 0 Å². The van der Waals surface area contributed by atoms with Gasteiger partial charge < -0.3 is 9.72 Å². The number of benzene rings is 2. The number of nitrogens with zero attached hydrogens (tertiary/aromatic N) is 4. The van der Waals surface area contributed by atoms with Crippen LogP contribution in [-0.2, 0) is 20.2 Å². The van der Waals surface area contributed by atoms with Crippen molar-refractivity contribution in [2.24, 2.45) is 0 Å². The smallest absolute Gasteiger partial charge is 0.258 e. The molecular weight excluding hydrogens is 468 g/mol. The molecule has 0 spiro atoms. The summed E-state index contributed by atoms with van der Waals surface area (Å²) < 4.78 is 32.8. The van der Waals surface area contributed by atoms with Crippen LogP contribution < -0.4 is 5.32 Å². The molecule has 0 unspecified atom stereocenters. The van der Waals surface area contributed by atoms with Gasteiger partial charge in [0.1, 0.15) is 5.52 Å². The minimum Gasteiger partial charge on any atom is -0.379 e. The van der Waals surface area contributed by atoms with Crippen molar-refractivity contribution in [1.82, 2.24) is 24.5 Å². The van der Waals surface area contributed by atoms with E-state index < -0.39 is 10.0 Å². The van der Waals surface area contributed by atoms with Crippen LogP contribution in [0.5, 0.6) is 0 Å². The summed E-state index contributed by atoms with van der Waals surface area (Å²) in [5, 5.41) is 11.5. The van der Waals surface area contributed by atoms with E-state index in [0.717, 1.165) is 5.56 Å². The maximum atomic E-state index is 13.0. The van der Waals surface area contributed by atoms with Gasteiger partial charge >= 0.3 is 0 Å². The number of rotatable bonds is 4. The molecule has 182 valence electrons. The lowest BCUT2D eigenvalue weighted by Crippen LogP contribution is -2.40. The van der Waals surface area contributed by atoms with Crippen LogP contribution in [0.25, 0.3) is 22.1 Å². The molecule has 2 aromatic carbocycles. The van der Waals surface area contributed by atoms with Crippen molar-refractivity contribution in [1.29, 1.82) is 0 Å². The van der Waals surface area contributed by atoms with Gasteiger partial charge in [0, 0.05) is 29.6 Å². The van der Waals surface area contributed by atoms with Crippen LogP contribution in [-0.4, -0.2) is 65.1 Å². The number of aromatic nitrogens is 4. The molecule has 11 heteroatoms. The number of fused-ring (bicyclic) bond motifs is 3. The molecule has 0 atom stereocenters. The maximum Gasteiger partial charge on any atom is 0.258 e. The first-order valence-corrected chi connectivity index (χ1v) is 12.7. The lowest BCUT2D eigenvalue weighted by Gasteiger charge is -2.26. The number of H-pyrrole nitrogens is 1. The molecule has 1 aliphatic heterocycles. The molecule has 2 N–H and O–H groups in total. The van der Waals surface area contributed by atoms with E-state index in [1.54, 1.807) is 30.3 Å². The number of carbonyl (C=O) groups excluding carboxylic acids is 1. The summed E-state index contributed by atoms with van der Waals surface area (Å²) in [4.78, 5) is 20.4. The van der Waals surface area contributed by atoms with Crippen molar-refractivity contribution in [3.05, 3.63) is 53.6 Å². The van der Waals surface area contributed by atoms with Gasteiger partial charge in [0.15, 0.2) is 5.65 Å². The van der Waals surface area contributed by atoms with Gasteiger partial charge in [0.25, 0.3) is 11.9 Å². The van der Waals surface area contributed by atoms with Crippen LogP contribution >= 0.6 is 0 Å². The number of hydrogen-bond donors (Lipinski definition) is 2. The summed E-state index contributed by atoms with van der Waals surface area (Å²) in [6.07, 6.45) is 0. The van der Waals surface area contributed by atoms with E-state index in [9.17, 15) is 13.2 Å². The molecule has 1 aliphatic rings. The fourth-order valence-corrected chi connectivity index (χ4v) is 5.43. The van der Waals surface area contributed by atoms with Gasteiger partial charge in [-0.05, 0) is 41.3 Å². The molecule has 1 amide bonds. The highest BCUT2D eigenvalue weighted by molar-refractivity contribution is 7.89. The van der Waals surface area contributed by atoms with Crippen molar-refractivity contribution >= 4 is 43.9 Å². The number of hydrogen-bond acceptors (Lipinski definition) is 7. The van der Waals surface area contributed by atoms with Gasteiger partial charge in [-0.1, -0.05) is 32.9 Å². The third-order valence-electron chi connectivity index (χ3n) is 6.03. The zero-order chi connectivity index (χ0) is 24.8. The molecule has 1 saturated heterocycles. The van der Waals surface area contributed by atoms with Gasteiger partial charge in [-0.15, -0.1) is 10.2 Å². The zero-order valence-corrected chi connectivity index (χ0v) is 20.5. The fraction of sp³-hybridized carbons (Fsp3) is 0.333. The number of nitrogens with one attached hydrogen (secondary N) is 2. The Morgan fingerprint density at radius 2 is 1.77 bits per heavy atom. The second-order valence-corrected chi connectivity index (χ2v) is 11.4. The Kier molecular flexibility index (Phi) is 5.78. The van der Waals surface area contributed by atoms with E-state index in [0.29, 0.717) is 53.9 Å². The van der Waals surface area contributed by atoms with Crippen molar-refractivity contribution in [2.75, 3.05) is 31.6 Å². The summed E-state index contributed by atoms with van der Waals surface area (Å²) in [6.45, 7) is 7.71. The molecular formula is C24H26N6O4S. The minimum atomic E-state index is -3.65. The molecule has 0 radical (unpaired) electrons. The topological polar surface area (TPSA) is 130 Å². The second-order valence-electron chi connectivity index (χ2n) is 9.46. The maximum absolute atomic E-state index is 13.0. The Morgan fingerprint density at radius 3 is 2.46 bits per heavy atom. The third kappa shape index (κ3) is 4.49. The number of anilines is 1. The number of ether oxygens (including phenoxy) is 1. The predicted molar refractivity (Wildman–Crippen MR) is 132 cm³/mol. The predicted octanol–water partition coefficient (Wildman–Crippen LogP) is 3.08. The van der Waals surface area contributed by atoms with E-state index in [-0.39, 0.29) is 22.2 Å². The first-order chi connectivity index (χ1) is 16.6. The van der Waals surface area contributed by atoms with Crippen molar-refractivity contribution in [3.63, 3.8) is 0 Å². The quantitative estimate of drug-likeness (QED) is 0.446.